The molecule has 0 bridgehead atoms. The number of imidazole rings is 1. The lowest BCUT2D eigenvalue weighted by Gasteiger charge is -2.08. The van der Waals surface area contributed by atoms with Crippen LogP contribution in [0, 0.1) is 6.92 Å². The minimum Gasteiger partial charge on any atom is -0.352 e. The van der Waals surface area contributed by atoms with Crippen molar-refractivity contribution < 1.29 is 4.79 Å². The molecule has 1 N–H and O–H groups in total. The van der Waals surface area contributed by atoms with Gasteiger partial charge in [-0.25, -0.2) is 9.67 Å². The van der Waals surface area contributed by atoms with Crippen LogP contribution in [0.15, 0.2) is 53.6 Å². The van der Waals surface area contributed by atoms with E-state index in [4.69, 9.17) is 0 Å². The Morgan fingerprint density at radius 2 is 1.92 bits per heavy atom. The van der Waals surface area contributed by atoms with Crippen LogP contribution in [-0.4, -0.2) is 31.8 Å². The number of nitrogens with zero attached hydrogens (tertiary/aromatic N) is 4. The summed E-state index contributed by atoms with van der Waals surface area (Å²) in [6, 6.07) is 10.3. The van der Waals surface area contributed by atoms with E-state index >= 15 is 0 Å². The number of hydrogen-bond donors (Lipinski definition) is 1. The van der Waals surface area contributed by atoms with E-state index in [1.54, 1.807) is 31.4 Å². The lowest BCUT2D eigenvalue weighted by molar-refractivity contribution is 0.0952. The lowest BCUT2D eigenvalue weighted by Crippen LogP contribution is -2.25. The van der Waals surface area contributed by atoms with E-state index in [2.05, 4.69) is 20.0 Å². The molecule has 7 nitrogen and oxygen atoms in total. The van der Waals surface area contributed by atoms with Gasteiger partial charge in [-0.15, -0.1) is 0 Å². The first kappa shape index (κ1) is 17.6. The van der Waals surface area contributed by atoms with Crippen LogP contribution in [0.2, 0.25) is 0 Å². The molecule has 7 heteroatoms. The van der Waals surface area contributed by atoms with E-state index in [-0.39, 0.29) is 11.5 Å². The number of hydrogen-bond acceptors (Lipinski definition) is 4. The molecule has 0 aliphatic heterocycles. The zero-order valence-electron chi connectivity index (χ0n) is 14.8. The molecule has 0 spiro atoms. The molecule has 2 heterocycles. The monoisotopic (exact) mass is 351 g/mol. The minimum absolute atomic E-state index is 0.104. The maximum absolute atomic E-state index is 12.2. The number of carbonyl (C=O) groups is 1. The summed E-state index contributed by atoms with van der Waals surface area (Å²) in [6.45, 7) is 3.38. The Hall–Kier alpha value is -3.22. The predicted octanol–water partition coefficient (Wildman–Crippen LogP) is 1.77. The molecule has 1 amide bonds. The molecule has 0 atom stereocenters. The number of aromatic nitrogens is 4. The number of aryl methyl sites for hydroxylation is 3. The fraction of sp³-hybridized carbons (Fsp3) is 0.263. The molecule has 2 aromatic heterocycles. The lowest BCUT2D eigenvalue weighted by atomic mass is 10.1. The smallest absolute Gasteiger partial charge is 0.266 e. The molecule has 0 saturated carbocycles. The van der Waals surface area contributed by atoms with Crippen molar-refractivity contribution in [2.24, 2.45) is 7.05 Å². The Morgan fingerprint density at radius 3 is 2.58 bits per heavy atom. The Balaban J connectivity index is 1.55. The molecule has 0 fully saturated rings. The molecule has 3 aromatic rings. The molecule has 3 rings (SSSR count). The second-order valence-electron chi connectivity index (χ2n) is 6.04. The molecule has 0 aliphatic carbocycles. The fourth-order valence-electron chi connectivity index (χ4n) is 2.64. The van der Waals surface area contributed by atoms with Crippen molar-refractivity contribution in [3.8, 4) is 11.3 Å². The Morgan fingerprint density at radius 1 is 1.15 bits per heavy atom. The van der Waals surface area contributed by atoms with E-state index in [1.807, 2.05) is 25.3 Å². The summed E-state index contributed by atoms with van der Waals surface area (Å²) in [5.74, 6) is 0.867. The largest absolute Gasteiger partial charge is 0.352 e. The van der Waals surface area contributed by atoms with Crippen LogP contribution in [0.3, 0.4) is 0 Å². The quantitative estimate of drug-likeness (QED) is 0.686. The maximum atomic E-state index is 12.2. The first-order valence-corrected chi connectivity index (χ1v) is 8.45. The normalized spacial score (nSPS) is 10.7. The van der Waals surface area contributed by atoms with Crippen molar-refractivity contribution in [3.05, 3.63) is 70.5 Å². The van der Waals surface area contributed by atoms with Crippen LogP contribution in [0.5, 0.6) is 0 Å². The van der Waals surface area contributed by atoms with Crippen LogP contribution in [-0.2, 0) is 13.6 Å². The van der Waals surface area contributed by atoms with Crippen LogP contribution >= 0.6 is 0 Å². The van der Waals surface area contributed by atoms with Crippen molar-refractivity contribution in [2.75, 3.05) is 6.54 Å². The van der Waals surface area contributed by atoms with Crippen LogP contribution < -0.4 is 10.9 Å². The third kappa shape index (κ3) is 4.05. The summed E-state index contributed by atoms with van der Waals surface area (Å²) in [6.07, 6.45) is 4.54. The van der Waals surface area contributed by atoms with E-state index in [1.165, 1.54) is 10.7 Å². The molecule has 0 saturated heterocycles. The van der Waals surface area contributed by atoms with Gasteiger partial charge in [-0.05, 0) is 31.5 Å². The van der Waals surface area contributed by atoms with E-state index < -0.39 is 0 Å². The summed E-state index contributed by atoms with van der Waals surface area (Å²) in [5.41, 5.74) is 1.98. The summed E-state index contributed by atoms with van der Waals surface area (Å²) >= 11 is 0. The number of carbonyl (C=O) groups excluding carboxylic acids is 1. The van der Waals surface area contributed by atoms with Crippen LogP contribution in [0.25, 0.3) is 11.3 Å². The van der Waals surface area contributed by atoms with Gasteiger partial charge in [0.05, 0.1) is 5.69 Å². The zero-order valence-corrected chi connectivity index (χ0v) is 14.8. The Bertz CT molecular complexity index is 957. The van der Waals surface area contributed by atoms with Gasteiger partial charge in [-0.3, -0.25) is 9.59 Å². The van der Waals surface area contributed by atoms with Gasteiger partial charge in [-0.2, -0.15) is 5.10 Å². The van der Waals surface area contributed by atoms with Crippen molar-refractivity contribution >= 4 is 5.91 Å². The summed E-state index contributed by atoms with van der Waals surface area (Å²) in [7, 11) is 1.61. The molecule has 0 radical (unpaired) electrons. The highest BCUT2D eigenvalue weighted by Gasteiger charge is 2.07. The van der Waals surface area contributed by atoms with Crippen molar-refractivity contribution in [1.82, 2.24) is 24.6 Å². The third-order valence-corrected chi connectivity index (χ3v) is 4.19. The van der Waals surface area contributed by atoms with Crippen molar-refractivity contribution in [1.29, 1.82) is 0 Å². The standard InChI is InChI=1S/C19H21N5O2/c1-14-20-11-13-24(14)12-3-10-21-19(26)16-6-4-15(5-7-16)17-8-9-18(25)23(2)22-17/h4-9,11,13H,3,10,12H2,1-2H3,(H,21,26). The predicted molar refractivity (Wildman–Crippen MR) is 98.8 cm³/mol. The summed E-state index contributed by atoms with van der Waals surface area (Å²) in [4.78, 5) is 27.8. The minimum atomic E-state index is -0.157. The van der Waals surface area contributed by atoms with E-state index in [0.29, 0.717) is 17.8 Å². The number of amides is 1. The van der Waals surface area contributed by atoms with Crippen molar-refractivity contribution in [2.45, 2.75) is 19.9 Å². The fourth-order valence-corrected chi connectivity index (χ4v) is 2.64. The second kappa shape index (κ2) is 7.77. The molecule has 0 unspecified atom stereocenters. The first-order chi connectivity index (χ1) is 12.5. The molecular weight excluding hydrogens is 330 g/mol. The molecular formula is C19H21N5O2. The number of rotatable bonds is 6. The number of benzene rings is 1. The molecule has 134 valence electrons. The van der Waals surface area contributed by atoms with Gasteiger partial charge in [0.1, 0.15) is 5.82 Å². The van der Waals surface area contributed by atoms with E-state index in [9.17, 15) is 9.59 Å². The molecule has 26 heavy (non-hydrogen) atoms. The van der Waals surface area contributed by atoms with Gasteiger partial charge >= 0.3 is 0 Å². The Labute approximate surface area is 151 Å². The highest BCUT2D eigenvalue weighted by atomic mass is 16.1. The highest BCUT2D eigenvalue weighted by Crippen LogP contribution is 2.16. The highest BCUT2D eigenvalue weighted by molar-refractivity contribution is 5.94. The van der Waals surface area contributed by atoms with Crippen molar-refractivity contribution in [3.63, 3.8) is 0 Å². The summed E-state index contributed by atoms with van der Waals surface area (Å²) < 4.78 is 3.35. The average molecular weight is 351 g/mol. The third-order valence-electron chi connectivity index (χ3n) is 4.19. The SMILES string of the molecule is Cc1nccn1CCCNC(=O)c1ccc(-c2ccc(=O)n(C)n2)cc1. The van der Waals surface area contributed by atoms with Crippen LogP contribution in [0.4, 0.5) is 0 Å². The molecule has 1 aromatic carbocycles. The van der Waals surface area contributed by atoms with Gasteiger partial charge in [0, 0.05) is 49.7 Å². The van der Waals surface area contributed by atoms with Gasteiger partial charge in [-0.1, -0.05) is 12.1 Å². The maximum Gasteiger partial charge on any atom is 0.266 e. The number of nitrogens with one attached hydrogen (secondary N) is 1. The summed E-state index contributed by atoms with van der Waals surface area (Å²) in [5, 5.41) is 7.13. The van der Waals surface area contributed by atoms with Gasteiger partial charge in [0.2, 0.25) is 0 Å². The van der Waals surface area contributed by atoms with Gasteiger partial charge in [0.15, 0.2) is 0 Å². The molecule has 0 aliphatic rings. The van der Waals surface area contributed by atoms with Crippen LogP contribution in [0.1, 0.15) is 22.6 Å². The van der Waals surface area contributed by atoms with Gasteiger partial charge in [0.25, 0.3) is 11.5 Å². The Kier molecular flexibility index (Phi) is 5.26. The topological polar surface area (TPSA) is 81.8 Å². The second-order valence-corrected chi connectivity index (χ2v) is 6.04. The zero-order chi connectivity index (χ0) is 18.5. The first-order valence-electron chi connectivity index (χ1n) is 8.45. The average Bonchev–Trinajstić information content (AvgIpc) is 3.06. The van der Waals surface area contributed by atoms with Gasteiger partial charge < -0.3 is 9.88 Å². The van der Waals surface area contributed by atoms with E-state index in [0.717, 1.165) is 24.4 Å².